The van der Waals surface area contributed by atoms with E-state index >= 15 is 0 Å². The summed E-state index contributed by atoms with van der Waals surface area (Å²) in [4.78, 5) is 27.2. The van der Waals surface area contributed by atoms with Crippen molar-refractivity contribution < 1.29 is 13.9 Å². The fraction of sp³-hybridized carbons (Fsp3) is 0.263. The Balaban J connectivity index is 1.39. The van der Waals surface area contributed by atoms with E-state index in [-0.39, 0.29) is 18.6 Å². The molecule has 132 valence electrons. The monoisotopic (exact) mass is 350 g/mol. The standard InChI is InChI=1S/C19H18N4O3/c24-18(16-8-4-11-23(16)19-20-9-5-10-21-19)26-13-15-12-25-17(22-15)14-6-2-1-3-7-14/h1-3,5-7,9-10,12,16H,4,8,11,13H2. The summed E-state index contributed by atoms with van der Waals surface area (Å²) in [6.07, 6.45) is 6.49. The molecule has 26 heavy (non-hydrogen) atoms. The zero-order chi connectivity index (χ0) is 17.8. The number of rotatable bonds is 5. The van der Waals surface area contributed by atoms with Crippen LogP contribution >= 0.6 is 0 Å². The molecule has 1 aromatic carbocycles. The Labute approximate surface area is 150 Å². The highest BCUT2D eigenvalue weighted by molar-refractivity contribution is 5.80. The maximum atomic E-state index is 12.5. The van der Waals surface area contributed by atoms with Crippen LogP contribution in [0.2, 0.25) is 0 Å². The van der Waals surface area contributed by atoms with Gasteiger partial charge in [-0.15, -0.1) is 0 Å². The minimum Gasteiger partial charge on any atom is -0.458 e. The molecule has 0 spiro atoms. The first-order valence-electron chi connectivity index (χ1n) is 8.51. The molecule has 2 aromatic heterocycles. The number of carbonyl (C=O) groups is 1. The van der Waals surface area contributed by atoms with Crippen LogP contribution in [0.25, 0.3) is 11.5 Å². The SMILES string of the molecule is O=C(OCc1coc(-c2ccccc2)n1)C1CCCN1c1ncccn1. The number of anilines is 1. The molecule has 3 aromatic rings. The summed E-state index contributed by atoms with van der Waals surface area (Å²) in [5, 5.41) is 0. The molecule has 0 saturated carbocycles. The van der Waals surface area contributed by atoms with E-state index in [2.05, 4.69) is 15.0 Å². The van der Waals surface area contributed by atoms with E-state index < -0.39 is 0 Å². The number of nitrogens with zero attached hydrogens (tertiary/aromatic N) is 4. The highest BCUT2D eigenvalue weighted by Gasteiger charge is 2.33. The average Bonchev–Trinajstić information content (AvgIpc) is 3.37. The maximum Gasteiger partial charge on any atom is 0.329 e. The molecule has 0 aliphatic carbocycles. The van der Waals surface area contributed by atoms with Crippen LogP contribution in [0.3, 0.4) is 0 Å². The number of benzene rings is 1. The molecule has 7 heteroatoms. The third-order valence-electron chi connectivity index (χ3n) is 4.27. The van der Waals surface area contributed by atoms with Crippen molar-refractivity contribution in [1.82, 2.24) is 15.0 Å². The highest BCUT2D eigenvalue weighted by atomic mass is 16.5. The number of ether oxygens (including phenoxy) is 1. The predicted octanol–water partition coefficient (Wildman–Crippen LogP) is 2.84. The van der Waals surface area contributed by atoms with Gasteiger partial charge in [-0.2, -0.15) is 0 Å². The molecule has 0 amide bonds. The molecule has 4 rings (SSSR count). The van der Waals surface area contributed by atoms with Crippen molar-refractivity contribution in [3.05, 3.63) is 60.7 Å². The van der Waals surface area contributed by atoms with E-state index in [9.17, 15) is 4.79 Å². The summed E-state index contributed by atoms with van der Waals surface area (Å²) in [6.45, 7) is 0.820. The van der Waals surface area contributed by atoms with Crippen LogP contribution in [0.4, 0.5) is 5.95 Å². The molecule has 1 aliphatic heterocycles. The smallest absolute Gasteiger partial charge is 0.329 e. The van der Waals surface area contributed by atoms with Gasteiger partial charge in [-0.3, -0.25) is 0 Å². The molecular weight excluding hydrogens is 332 g/mol. The number of esters is 1. The molecule has 1 unspecified atom stereocenters. The Morgan fingerprint density at radius 1 is 1.19 bits per heavy atom. The van der Waals surface area contributed by atoms with Crippen molar-refractivity contribution in [2.75, 3.05) is 11.4 Å². The number of carbonyl (C=O) groups excluding carboxylic acids is 1. The second-order valence-corrected chi connectivity index (χ2v) is 6.02. The lowest BCUT2D eigenvalue weighted by molar-refractivity contribution is -0.146. The van der Waals surface area contributed by atoms with Crippen LogP contribution in [0.15, 0.2) is 59.5 Å². The van der Waals surface area contributed by atoms with Gasteiger partial charge >= 0.3 is 5.97 Å². The molecule has 1 saturated heterocycles. The molecule has 1 aliphatic rings. The molecule has 0 N–H and O–H groups in total. The normalized spacial score (nSPS) is 16.6. The zero-order valence-electron chi connectivity index (χ0n) is 14.1. The van der Waals surface area contributed by atoms with Gasteiger partial charge in [0, 0.05) is 24.5 Å². The largest absolute Gasteiger partial charge is 0.458 e. The van der Waals surface area contributed by atoms with Crippen molar-refractivity contribution in [1.29, 1.82) is 0 Å². The lowest BCUT2D eigenvalue weighted by Crippen LogP contribution is -2.38. The second kappa shape index (κ2) is 7.35. The maximum absolute atomic E-state index is 12.5. The number of aromatic nitrogens is 3. The Kier molecular flexibility index (Phi) is 4.59. The Morgan fingerprint density at radius 2 is 2.00 bits per heavy atom. The number of hydrogen-bond acceptors (Lipinski definition) is 7. The molecular formula is C19H18N4O3. The summed E-state index contributed by atoms with van der Waals surface area (Å²) in [6, 6.07) is 11.0. The lowest BCUT2D eigenvalue weighted by Gasteiger charge is -2.22. The van der Waals surface area contributed by atoms with Crippen molar-refractivity contribution in [3.63, 3.8) is 0 Å². The summed E-state index contributed by atoms with van der Waals surface area (Å²) in [5.41, 5.74) is 1.46. The Bertz CT molecular complexity index is 867. The first-order chi connectivity index (χ1) is 12.8. The lowest BCUT2D eigenvalue weighted by atomic mass is 10.2. The summed E-state index contributed by atoms with van der Waals surface area (Å²) < 4.78 is 10.9. The average molecular weight is 350 g/mol. The van der Waals surface area contributed by atoms with Gasteiger partial charge in [0.15, 0.2) is 0 Å². The molecule has 7 nitrogen and oxygen atoms in total. The molecule has 1 atom stereocenters. The van der Waals surface area contributed by atoms with Crippen LogP contribution in [0.5, 0.6) is 0 Å². The van der Waals surface area contributed by atoms with Crippen molar-refractivity contribution in [3.8, 4) is 11.5 Å². The molecule has 3 heterocycles. The van der Waals surface area contributed by atoms with E-state index in [0.29, 0.717) is 17.5 Å². The highest BCUT2D eigenvalue weighted by Crippen LogP contribution is 2.23. The van der Waals surface area contributed by atoms with E-state index in [4.69, 9.17) is 9.15 Å². The first-order valence-corrected chi connectivity index (χ1v) is 8.51. The minimum atomic E-state index is -0.363. The quantitative estimate of drug-likeness (QED) is 0.654. The van der Waals surface area contributed by atoms with E-state index in [0.717, 1.165) is 24.9 Å². The second-order valence-electron chi connectivity index (χ2n) is 6.02. The van der Waals surface area contributed by atoms with Crippen molar-refractivity contribution >= 4 is 11.9 Å². The van der Waals surface area contributed by atoms with Gasteiger partial charge in [0.2, 0.25) is 11.8 Å². The van der Waals surface area contributed by atoms with Crippen LogP contribution in [0, 0.1) is 0 Å². The third kappa shape index (κ3) is 3.42. The molecule has 0 radical (unpaired) electrons. The predicted molar refractivity (Wildman–Crippen MR) is 94.1 cm³/mol. The van der Waals surface area contributed by atoms with Gasteiger partial charge < -0.3 is 14.1 Å². The molecule has 1 fully saturated rings. The van der Waals surface area contributed by atoms with E-state index in [1.54, 1.807) is 18.5 Å². The van der Waals surface area contributed by atoms with E-state index in [1.165, 1.54) is 6.26 Å². The number of oxazole rings is 1. The zero-order valence-corrected chi connectivity index (χ0v) is 14.1. The van der Waals surface area contributed by atoms with Gasteiger partial charge in [0.25, 0.3) is 0 Å². The number of hydrogen-bond donors (Lipinski definition) is 0. The van der Waals surface area contributed by atoms with Gasteiger partial charge in [-0.25, -0.2) is 19.7 Å². The third-order valence-corrected chi connectivity index (χ3v) is 4.27. The topological polar surface area (TPSA) is 81.4 Å². The Hall–Kier alpha value is -3.22. The van der Waals surface area contributed by atoms with Crippen LogP contribution in [-0.4, -0.2) is 33.5 Å². The molecule has 0 bridgehead atoms. The van der Waals surface area contributed by atoms with Crippen molar-refractivity contribution in [2.45, 2.75) is 25.5 Å². The summed E-state index contributed by atoms with van der Waals surface area (Å²) >= 11 is 0. The summed E-state index contributed by atoms with van der Waals surface area (Å²) in [5.74, 6) is 0.774. The Morgan fingerprint density at radius 3 is 2.81 bits per heavy atom. The van der Waals surface area contributed by atoms with Crippen LogP contribution in [0.1, 0.15) is 18.5 Å². The first kappa shape index (κ1) is 16.3. The fourth-order valence-electron chi connectivity index (χ4n) is 3.02. The fourth-order valence-corrected chi connectivity index (χ4v) is 3.02. The summed E-state index contributed by atoms with van der Waals surface area (Å²) in [7, 11) is 0. The van der Waals surface area contributed by atoms with Crippen LogP contribution in [-0.2, 0) is 16.1 Å². The van der Waals surface area contributed by atoms with Gasteiger partial charge in [-0.1, -0.05) is 18.2 Å². The van der Waals surface area contributed by atoms with Gasteiger partial charge in [0.1, 0.15) is 24.6 Å². The van der Waals surface area contributed by atoms with Crippen LogP contribution < -0.4 is 4.90 Å². The van der Waals surface area contributed by atoms with E-state index in [1.807, 2.05) is 35.2 Å². The van der Waals surface area contributed by atoms with Crippen molar-refractivity contribution in [2.24, 2.45) is 0 Å². The van der Waals surface area contributed by atoms with Gasteiger partial charge in [0.05, 0.1) is 0 Å². The minimum absolute atomic E-state index is 0.0785. The van der Waals surface area contributed by atoms with Gasteiger partial charge in [-0.05, 0) is 31.0 Å².